The maximum atomic E-state index is 11.4. The van der Waals surface area contributed by atoms with E-state index >= 15 is 0 Å². The van der Waals surface area contributed by atoms with Gasteiger partial charge in [0.1, 0.15) is 15.9 Å². The molecule has 1 aliphatic rings. The second-order valence-corrected chi connectivity index (χ2v) is 20.1. The summed E-state index contributed by atoms with van der Waals surface area (Å²) < 4.78 is 75.5. The van der Waals surface area contributed by atoms with Crippen molar-refractivity contribution in [3.8, 4) is 0 Å². The monoisotopic (exact) mass is 857 g/mol. The van der Waals surface area contributed by atoms with E-state index in [4.69, 9.17) is 0 Å². The molecule has 0 N–H and O–H groups in total. The predicted octanol–water partition coefficient (Wildman–Crippen LogP) is 9.13. The molecule has 7 aromatic rings. The van der Waals surface area contributed by atoms with Crippen molar-refractivity contribution in [1.82, 2.24) is 0 Å². The average molecular weight is 858 g/mol. The minimum atomic E-state index is -4.34. The summed E-state index contributed by atoms with van der Waals surface area (Å²) in [6.07, 6.45) is 5.32. The molecule has 5 aromatic carbocycles. The zero-order valence-corrected chi connectivity index (χ0v) is 36.0. The van der Waals surface area contributed by atoms with E-state index in [9.17, 15) is 25.9 Å². The summed E-state index contributed by atoms with van der Waals surface area (Å²) in [6.45, 7) is 8.24. The van der Waals surface area contributed by atoms with Crippen LogP contribution in [0.1, 0.15) is 43.1 Å². The van der Waals surface area contributed by atoms with Crippen LogP contribution in [0.25, 0.3) is 48.1 Å². The fourth-order valence-corrected chi connectivity index (χ4v) is 11.7. The number of aryl methyl sites for hydroxylation is 3. The van der Waals surface area contributed by atoms with Gasteiger partial charge in [-0.2, -0.15) is 9.13 Å². The van der Waals surface area contributed by atoms with Crippen LogP contribution in [0.3, 0.4) is 0 Å². The molecule has 3 heterocycles. The van der Waals surface area contributed by atoms with Gasteiger partial charge in [0.2, 0.25) is 16.0 Å². The molecule has 0 saturated heterocycles. The van der Waals surface area contributed by atoms with Crippen LogP contribution in [0.2, 0.25) is 0 Å². The van der Waals surface area contributed by atoms with E-state index in [0.29, 0.717) is 19.5 Å². The number of rotatable bonds is 12. The molecule has 0 aliphatic carbocycles. The van der Waals surface area contributed by atoms with Gasteiger partial charge in [-0.05, 0) is 66.5 Å². The second-order valence-electron chi connectivity index (χ2n) is 13.7. The van der Waals surface area contributed by atoms with Crippen LogP contribution in [-0.4, -0.2) is 44.0 Å². The van der Waals surface area contributed by atoms with Crippen molar-refractivity contribution >= 4 is 108 Å². The number of benzene rings is 5. The van der Waals surface area contributed by atoms with E-state index in [1.165, 1.54) is 15.2 Å². The zero-order valence-electron chi connectivity index (χ0n) is 31.9. The molecular weight excluding hydrogens is 815 g/mol. The van der Waals surface area contributed by atoms with Crippen LogP contribution in [0.5, 0.6) is 0 Å². The Balaban J connectivity index is 0.000000351. The average Bonchev–Trinajstić information content (AvgIpc) is 3.83. The van der Waals surface area contributed by atoms with Crippen molar-refractivity contribution in [1.29, 1.82) is 0 Å². The lowest BCUT2D eigenvalue weighted by Gasteiger charge is -2.22. The lowest BCUT2D eigenvalue weighted by atomic mass is 10.1. The molecule has 2 aromatic heterocycles. The highest BCUT2D eigenvalue weighted by Gasteiger charge is 2.28. The molecule has 0 amide bonds. The molecule has 8 rings (SSSR count). The first-order valence-electron chi connectivity index (χ1n) is 18.8. The molecule has 0 spiro atoms. The van der Waals surface area contributed by atoms with E-state index in [2.05, 4.69) is 108 Å². The second kappa shape index (κ2) is 17.4. The quantitative estimate of drug-likeness (QED) is 0.0881. The SMILES string of the molecule is CCC(/C=C1\Sc2ccc3ccccc3c2N1CCCS(=O)(=O)[O-])=C\c1sc2ccc3ccccc3c2[n+]1CCCS(=O)(=O)[O-].CC[n+]1c(C)sc2ccccc21. The van der Waals surface area contributed by atoms with Gasteiger partial charge in [-0.1, -0.05) is 108 Å². The first-order chi connectivity index (χ1) is 27.3. The molecule has 0 unspecified atom stereocenters. The maximum Gasteiger partial charge on any atom is 0.263 e. The molecule has 0 fully saturated rings. The predicted molar refractivity (Wildman–Crippen MR) is 234 cm³/mol. The third kappa shape index (κ3) is 9.44. The molecule has 0 radical (unpaired) electrons. The number of hydrogen-bond donors (Lipinski definition) is 0. The van der Waals surface area contributed by atoms with Crippen LogP contribution in [0.4, 0.5) is 5.69 Å². The Bertz CT molecular complexity index is 2900. The number of fused-ring (bicyclic) bond motifs is 7. The van der Waals surface area contributed by atoms with Gasteiger partial charge in [0.15, 0.2) is 6.54 Å². The standard InChI is InChI=1S/C33H32N2O6S4.C10H12NS/c1-2-23(21-30-34(17-7-19-44(36,37)38)32-26-11-5-3-9-24(26)13-15-28(32)42-30)22-31-35(18-8-20-45(39,40)41)33-27-12-6-4-10-25(27)14-16-29(33)43-31;1-3-11-8(2)12-10-7-5-4-6-9(10)11/h3-6,9-16,21-22H,2,7-8,17-20H2,1H3,(H-,36,37,38,39,40,41);4-7H,3H2,1-2H3/q;+1/p-1. The first-order valence-corrected chi connectivity index (χ1v) is 24.4. The summed E-state index contributed by atoms with van der Waals surface area (Å²) in [6, 6.07) is 33.0. The highest BCUT2D eigenvalue weighted by molar-refractivity contribution is 8.03. The minimum Gasteiger partial charge on any atom is -0.748 e. The van der Waals surface area contributed by atoms with E-state index in [0.717, 1.165) is 64.5 Å². The van der Waals surface area contributed by atoms with Gasteiger partial charge in [-0.3, -0.25) is 0 Å². The van der Waals surface area contributed by atoms with Crippen molar-refractivity contribution < 1.29 is 35.1 Å². The number of para-hydroxylation sites is 1. The third-order valence-electron chi connectivity index (χ3n) is 9.92. The van der Waals surface area contributed by atoms with Crippen LogP contribution < -0.4 is 14.0 Å². The van der Waals surface area contributed by atoms with Crippen molar-refractivity contribution in [2.45, 2.75) is 58.0 Å². The van der Waals surface area contributed by atoms with Crippen molar-refractivity contribution in [3.63, 3.8) is 0 Å². The van der Waals surface area contributed by atoms with Gasteiger partial charge in [0, 0.05) is 53.8 Å². The Labute approximate surface area is 346 Å². The molecule has 0 saturated carbocycles. The number of hydrogen-bond acceptors (Lipinski definition) is 10. The molecule has 0 atom stereocenters. The van der Waals surface area contributed by atoms with Crippen molar-refractivity contribution in [3.05, 3.63) is 124 Å². The Morgan fingerprint density at radius 2 is 1.39 bits per heavy atom. The van der Waals surface area contributed by atoms with Crippen LogP contribution in [0.15, 0.2) is 119 Å². The third-order valence-corrected chi connectivity index (χ3v) is 14.8. The summed E-state index contributed by atoms with van der Waals surface area (Å²) in [4.78, 5) is 3.17. The number of thiazole rings is 2. The van der Waals surface area contributed by atoms with Gasteiger partial charge in [-0.15, -0.1) is 0 Å². The fraction of sp³-hybridized carbons (Fsp3) is 0.256. The highest BCUT2D eigenvalue weighted by atomic mass is 32.2. The topological polar surface area (TPSA) is 125 Å². The van der Waals surface area contributed by atoms with Crippen LogP contribution >= 0.6 is 34.4 Å². The van der Waals surface area contributed by atoms with E-state index in [-0.39, 0.29) is 12.8 Å². The Kier molecular flexibility index (Phi) is 12.5. The van der Waals surface area contributed by atoms with E-state index < -0.39 is 31.7 Å². The summed E-state index contributed by atoms with van der Waals surface area (Å²) in [7, 11) is -8.69. The smallest absolute Gasteiger partial charge is 0.263 e. The highest BCUT2D eigenvalue weighted by Crippen LogP contribution is 2.50. The normalized spacial score (nSPS) is 14.2. The number of aromatic nitrogens is 2. The first kappa shape index (κ1) is 41.0. The van der Waals surface area contributed by atoms with E-state index in [1.807, 2.05) is 47.7 Å². The maximum absolute atomic E-state index is 11.4. The molecule has 296 valence electrons. The number of nitrogens with zero attached hydrogens (tertiary/aromatic N) is 3. The van der Waals surface area contributed by atoms with Gasteiger partial charge in [0.25, 0.3) is 5.01 Å². The largest absolute Gasteiger partial charge is 0.748 e. The summed E-state index contributed by atoms with van der Waals surface area (Å²) in [5.74, 6) is -0.875. The Hall–Kier alpha value is -4.15. The van der Waals surface area contributed by atoms with Crippen molar-refractivity contribution in [2.75, 3.05) is 23.0 Å². The zero-order chi connectivity index (χ0) is 40.3. The molecule has 0 bridgehead atoms. The molecule has 1 aliphatic heterocycles. The summed E-state index contributed by atoms with van der Waals surface area (Å²) >= 11 is 5.09. The molecular formula is C43H43N3O6S5. The lowest BCUT2D eigenvalue weighted by Crippen LogP contribution is -2.36. The van der Waals surface area contributed by atoms with Crippen LogP contribution in [-0.2, 0) is 33.3 Å². The number of thioether (sulfide) groups is 1. The van der Waals surface area contributed by atoms with Gasteiger partial charge < -0.3 is 14.0 Å². The minimum absolute atomic E-state index is 0.198. The van der Waals surface area contributed by atoms with Gasteiger partial charge in [0.05, 0.1) is 36.3 Å². The molecule has 57 heavy (non-hydrogen) atoms. The number of anilines is 1. The molecule has 9 nitrogen and oxygen atoms in total. The molecule has 14 heteroatoms. The number of allylic oxidation sites excluding steroid dienone is 2. The Morgan fingerprint density at radius 3 is 2.11 bits per heavy atom. The lowest BCUT2D eigenvalue weighted by molar-refractivity contribution is -0.669. The van der Waals surface area contributed by atoms with Crippen LogP contribution in [0, 0.1) is 6.92 Å². The summed E-state index contributed by atoms with van der Waals surface area (Å²) in [5.41, 5.74) is 4.40. The van der Waals surface area contributed by atoms with Crippen molar-refractivity contribution in [2.24, 2.45) is 0 Å². The van der Waals surface area contributed by atoms with E-state index in [1.54, 1.807) is 23.1 Å². The fourth-order valence-electron chi connectivity index (χ4n) is 7.31. The summed E-state index contributed by atoms with van der Waals surface area (Å²) in [5, 5.41) is 7.52. The Morgan fingerprint density at radius 1 is 0.737 bits per heavy atom. The van der Waals surface area contributed by atoms with Gasteiger partial charge >= 0.3 is 0 Å². The van der Waals surface area contributed by atoms with Gasteiger partial charge in [-0.25, -0.2) is 16.8 Å².